The van der Waals surface area contributed by atoms with E-state index in [1.807, 2.05) is 0 Å². The first-order chi connectivity index (χ1) is 10.3. The van der Waals surface area contributed by atoms with Crippen molar-refractivity contribution in [3.8, 4) is 0 Å². The molecule has 2 aliphatic rings. The van der Waals surface area contributed by atoms with Gasteiger partial charge in [0.2, 0.25) is 10.0 Å². The van der Waals surface area contributed by atoms with Crippen LogP contribution in [0.15, 0.2) is 29.2 Å². The molecule has 1 aromatic rings. The first-order valence-corrected chi connectivity index (χ1v) is 9.18. The minimum atomic E-state index is -3.61. The number of rotatable bonds is 3. The summed E-state index contributed by atoms with van der Waals surface area (Å²) in [6.45, 7) is 0.266. The smallest absolute Gasteiger partial charge is 0.306 e. The number of sulfonamides is 1. The van der Waals surface area contributed by atoms with Crippen molar-refractivity contribution in [2.75, 3.05) is 6.54 Å². The van der Waals surface area contributed by atoms with Crippen LogP contribution in [0, 0.1) is 5.92 Å². The second-order valence-corrected chi connectivity index (χ2v) is 8.44. The van der Waals surface area contributed by atoms with Gasteiger partial charge in [0.05, 0.1) is 10.8 Å². The highest BCUT2D eigenvalue weighted by atomic mass is 35.5. The standard InChI is InChI=1S/C15H18ClNO4S/c16-12-2-4-13(5-3-12)22(20,21)17-9-6-11(14(18)19)10-15(17)7-1-8-15/h2-5,11H,1,6-10H2,(H,18,19). The van der Waals surface area contributed by atoms with E-state index in [9.17, 15) is 18.3 Å². The fourth-order valence-corrected chi connectivity index (χ4v) is 5.50. The van der Waals surface area contributed by atoms with Crippen molar-refractivity contribution in [3.05, 3.63) is 29.3 Å². The van der Waals surface area contributed by atoms with E-state index in [-0.39, 0.29) is 11.4 Å². The van der Waals surface area contributed by atoms with E-state index in [1.165, 1.54) is 16.4 Å². The molecular weight excluding hydrogens is 326 g/mol. The second-order valence-electron chi connectivity index (χ2n) is 6.14. The third-order valence-electron chi connectivity index (χ3n) is 4.87. The molecule has 1 unspecified atom stereocenters. The molecule has 1 spiro atoms. The molecule has 0 aromatic heterocycles. The number of carbonyl (C=O) groups is 1. The summed E-state index contributed by atoms with van der Waals surface area (Å²) in [7, 11) is -3.61. The zero-order valence-electron chi connectivity index (χ0n) is 12.0. The lowest BCUT2D eigenvalue weighted by molar-refractivity contribution is -0.146. The third-order valence-corrected chi connectivity index (χ3v) is 7.14. The number of aliphatic carboxylic acids is 1. The summed E-state index contributed by atoms with van der Waals surface area (Å²) < 4.78 is 27.4. The Bertz CT molecular complexity index is 682. The predicted molar refractivity (Wildman–Crippen MR) is 82.3 cm³/mol. The summed E-state index contributed by atoms with van der Waals surface area (Å²) in [4.78, 5) is 11.5. The summed E-state index contributed by atoms with van der Waals surface area (Å²) >= 11 is 5.82. The molecule has 1 aliphatic heterocycles. The fraction of sp³-hybridized carbons (Fsp3) is 0.533. The molecule has 5 nitrogen and oxygen atoms in total. The van der Waals surface area contributed by atoms with Crippen molar-refractivity contribution >= 4 is 27.6 Å². The summed E-state index contributed by atoms with van der Waals surface area (Å²) in [5.74, 6) is -1.27. The van der Waals surface area contributed by atoms with Gasteiger partial charge in [-0.2, -0.15) is 4.31 Å². The molecule has 7 heteroatoms. The largest absolute Gasteiger partial charge is 0.481 e. The topological polar surface area (TPSA) is 74.7 Å². The van der Waals surface area contributed by atoms with Crippen LogP contribution in [0.1, 0.15) is 32.1 Å². The zero-order valence-corrected chi connectivity index (χ0v) is 13.6. The summed E-state index contributed by atoms with van der Waals surface area (Å²) in [5, 5.41) is 9.73. The first-order valence-electron chi connectivity index (χ1n) is 7.36. The maximum atomic E-state index is 12.9. The molecule has 0 amide bonds. The van der Waals surface area contributed by atoms with E-state index < -0.39 is 27.4 Å². The molecule has 1 aromatic carbocycles. The average Bonchev–Trinajstić information content (AvgIpc) is 2.45. The van der Waals surface area contributed by atoms with Crippen LogP contribution in [0.4, 0.5) is 0 Å². The number of carboxylic acids is 1. The minimum absolute atomic E-state index is 0.219. The lowest BCUT2D eigenvalue weighted by atomic mass is 9.68. The maximum Gasteiger partial charge on any atom is 0.306 e. The SMILES string of the molecule is O=C(O)C1CCN(S(=O)(=O)c2ccc(Cl)cc2)C2(CCC2)C1. The van der Waals surface area contributed by atoms with Crippen LogP contribution in [-0.2, 0) is 14.8 Å². The van der Waals surface area contributed by atoms with Gasteiger partial charge in [-0.3, -0.25) is 4.79 Å². The van der Waals surface area contributed by atoms with Gasteiger partial charge in [0.1, 0.15) is 0 Å². The second kappa shape index (κ2) is 5.51. The normalized spacial score (nSPS) is 24.9. The van der Waals surface area contributed by atoms with Gasteiger partial charge in [0, 0.05) is 17.1 Å². The van der Waals surface area contributed by atoms with Gasteiger partial charge < -0.3 is 5.11 Å². The molecule has 1 aliphatic carbocycles. The van der Waals surface area contributed by atoms with E-state index in [0.29, 0.717) is 17.9 Å². The molecule has 1 saturated heterocycles. The van der Waals surface area contributed by atoms with Gasteiger partial charge in [-0.15, -0.1) is 0 Å². The maximum absolute atomic E-state index is 12.9. The van der Waals surface area contributed by atoms with Crippen LogP contribution in [0.5, 0.6) is 0 Å². The molecule has 3 rings (SSSR count). The van der Waals surface area contributed by atoms with Gasteiger partial charge in [0.25, 0.3) is 0 Å². The van der Waals surface area contributed by atoms with E-state index in [4.69, 9.17) is 11.6 Å². The predicted octanol–water partition coefficient (Wildman–Crippen LogP) is 2.75. The van der Waals surface area contributed by atoms with Crippen molar-refractivity contribution in [2.45, 2.75) is 42.5 Å². The van der Waals surface area contributed by atoms with Crippen molar-refractivity contribution in [1.29, 1.82) is 0 Å². The first kappa shape index (κ1) is 15.8. The molecule has 1 atom stereocenters. The molecule has 0 bridgehead atoms. The Kier molecular flexibility index (Phi) is 3.95. The highest BCUT2D eigenvalue weighted by Crippen LogP contribution is 2.48. The van der Waals surface area contributed by atoms with E-state index >= 15 is 0 Å². The molecule has 1 N–H and O–H groups in total. The van der Waals surface area contributed by atoms with Crippen molar-refractivity contribution < 1.29 is 18.3 Å². The highest BCUT2D eigenvalue weighted by molar-refractivity contribution is 7.89. The lowest BCUT2D eigenvalue weighted by Gasteiger charge is -2.53. The molecular formula is C15H18ClNO4S. The monoisotopic (exact) mass is 343 g/mol. The fourth-order valence-electron chi connectivity index (χ4n) is 3.53. The Morgan fingerprint density at radius 2 is 1.91 bits per heavy atom. The number of hydrogen-bond acceptors (Lipinski definition) is 3. The van der Waals surface area contributed by atoms with Gasteiger partial charge in [-0.05, 0) is 56.4 Å². The molecule has 1 saturated carbocycles. The molecule has 22 heavy (non-hydrogen) atoms. The molecule has 1 heterocycles. The summed E-state index contributed by atoms with van der Waals surface area (Å²) in [5.41, 5.74) is -0.514. The average molecular weight is 344 g/mol. The molecule has 0 radical (unpaired) electrons. The van der Waals surface area contributed by atoms with E-state index in [1.54, 1.807) is 12.1 Å². The number of benzene rings is 1. The van der Waals surface area contributed by atoms with Crippen LogP contribution in [0.3, 0.4) is 0 Å². The highest BCUT2D eigenvalue weighted by Gasteiger charge is 2.52. The van der Waals surface area contributed by atoms with E-state index in [0.717, 1.165) is 19.3 Å². The number of hydrogen-bond donors (Lipinski definition) is 1. The van der Waals surface area contributed by atoms with Crippen LogP contribution in [0.25, 0.3) is 0 Å². The Balaban J connectivity index is 1.93. The Hall–Kier alpha value is -1.11. The molecule has 2 fully saturated rings. The van der Waals surface area contributed by atoms with Gasteiger partial charge in [-0.25, -0.2) is 8.42 Å². The molecule has 120 valence electrons. The number of halogens is 1. The quantitative estimate of drug-likeness (QED) is 0.915. The number of piperidine rings is 1. The minimum Gasteiger partial charge on any atom is -0.481 e. The Labute approximate surface area is 134 Å². The van der Waals surface area contributed by atoms with Gasteiger partial charge in [0.15, 0.2) is 0 Å². The van der Waals surface area contributed by atoms with Crippen molar-refractivity contribution in [1.82, 2.24) is 4.31 Å². The third kappa shape index (κ3) is 2.53. The van der Waals surface area contributed by atoms with Crippen molar-refractivity contribution in [3.63, 3.8) is 0 Å². The van der Waals surface area contributed by atoms with Crippen LogP contribution < -0.4 is 0 Å². The van der Waals surface area contributed by atoms with E-state index in [2.05, 4.69) is 0 Å². The number of nitrogens with zero attached hydrogens (tertiary/aromatic N) is 1. The summed E-state index contributed by atoms with van der Waals surface area (Å²) in [6.07, 6.45) is 3.20. The van der Waals surface area contributed by atoms with Crippen LogP contribution in [-0.4, -0.2) is 35.9 Å². The zero-order chi connectivity index (χ0) is 16.0. The van der Waals surface area contributed by atoms with Crippen LogP contribution >= 0.6 is 11.6 Å². The summed E-state index contributed by atoms with van der Waals surface area (Å²) in [6, 6.07) is 6.14. The Morgan fingerprint density at radius 3 is 2.41 bits per heavy atom. The van der Waals surface area contributed by atoms with Crippen molar-refractivity contribution in [2.24, 2.45) is 5.92 Å². The van der Waals surface area contributed by atoms with Gasteiger partial charge in [-0.1, -0.05) is 11.6 Å². The number of carboxylic acid groups (broad SMARTS) is 1. The van der Waals surface area contributed by atoms with Gasteiger partial charge >= 0.3 is 5.97 Å². The van der Waals surface area contributed by atoms with Crippen LogP contribution in [0.2, 0.25) is 5.02 Å². The Morgan fingerprint density at radius 1 is 1.27 bits per heavy atom. The lowest BCUT2D eigenvalue weighted by Crippen LogP contribution is -2.60.